The van der Waals surface area contributed by atoms with Gasteiger partial charge in [-0.05, 0) is 63.4 Å². The van der Waals surface area contributed by atoms with Crippen molar-refractivity contribution in [3.63, 3.8) is 0 Å². The van der Waals surface area contributed by atoms with Crippen LogP contribution in [0.5, 0.6) is 0 Å². The lowest BCUT2D eigenvalue weighted by Gasteiger charge is -2.34. The van der Waals surface area contributed by atoms with E-state index in [1.54, 1.807) is 16.9 Å². The van der Waals surface area contributed by atoms with Gasteiger partial charge in [-0.15, -0.1) is 24.8 Å². The van der Waals surface area contributed by atoms with Gasteiger partial charge in [-0.25, -0.2) is 9.67 Å². The van der Waals surface area contributed by atoms with Gasteiger partial charge in [-0.2, -0.15) is 5.10 Å². The second-order valence-corrected chi connectivity index (χ2v) is 6.99. The van der Waals surface area contributed by atoms with Gasteiger partial charge in [-0.1, -0.05) is 6.92 Å². The number of hydrogen-bond acceptors (Lipinski definition) is 4. The third-order valence-corrected chi connectivity index (χ3v) is 4.72. The number of pyridine rings is 1. The predicted molar refractivity (Wildman–Crippen MR) is 108 cm³/mol. The highest BCUT2D eigenvalue weighted by atomic mass is 35.5. The van der Waals surface area contributed by atoms with Crippen molar-refractivity contribution in [3.8, 4) is 5.82 Å². The molecule has 1 saturated heterocycles. The lowest BCUT2D eigenvalue weighted by molar-refractivity contribution is 0.0922. The van der Waals surface area contributed by atoms with E-state index in [2.05, 4.69) is 27.6 Å². The third-order valence-electron chi connectivity index (χ3n) is 4.72. The number of piperidine rings is 1. The Morgan fingerprint density at radius 1 is 1.27 bits per heavy atom. The van der Waals surface area contributed by atoms with E-state index in [0.29, 0.717) is 12.1 Å². The van der Waals surface area contributed by atoms with Crippen molar-refractivity contribution in [2.24, 2.45) is 5.41 Å². The third kappa shape index (κ3) is 5.19. The average Bonchev–Trinajstić information content (AvgIpc) is 2.92. The van der Waals surface area contributed by atoms with Gasteiger partial charge in [0.05, 0.1) is 11.3 Å². The number of carbonyl (C=O) groups excluding carboxylic acids is 1. The maximum absolute atomic E-state index is 12.4. The fraction of sp³-hybridized carbons (Fsp3) is 0.500. The summed E-state index contributed by atoms with van der Waals surface area (Å²) in [4.78, 5) is 16.7. The first kappa shape index (κ1) is 22.4. The number of nitrogens with zero attached hydrogens (tertiary/aromatic N) is 3. The topological polar surface area (TPSA) is 71.8 Å². The van der Waals surface area contributed by atoms with Gasteiger partial charge in [0.2, 0.25) is 0 Å². The van der Waals surface area contributed by atoms with E-state index in [9.17, 15) is 4.79 Å². The SMILES string of the molecule is Cc1cc(C)n(-c2ccc(C(=O)NCC3(C)CCNCC3)cn2)n1.Cl.Cl. The molecule has 8 heteroatoms. The van der Waals surface area contributed by atoms with Crippen LogP contribution in [0.1, 0.15) is 41.5 Å². The molecule has 6 nitrogen and oxygen atoms in total. The Balaban J connectivity index is 0.00000169. The molecule has 26 heavy (non-hydrogen) atoms. The summed E-state index contributed by atoms with van der Waals surface area (Å²) < 4.78 is 1.78. The van der Waals surface area contributed by atoms with Crippen molar-refractivity contribution in [2.75, 3.05) is 19.6 Å². The van der Waals surface area contributed by atoms with Crippen LogP contribution in [-0.2, 0) is 0 Å². The highest BCUT2D eigenvalue weighted by Gasteiger charge is 2.27. The normalized spacial score (nSPS) is 15.5. The maximum atomic E-state index is 12.4. The maximum Gasteiger partial charge on any atom is 0.252 e. The molecule has 0 spiro atoms. The van der Waals surface area contributed by atoms with E-state index in [1.807, 2.05) is 26.0 Å². The van der Waals surface area contributed by atoms with Gasteiger partial charge in [-0.3, -0.25) is 4.79 Å². The zero-order valence-electron chi connectivity index (χ0n) is 15.4. The summed E-state index contributed by atoms with van der Waals surface area (Å²) in [5.74, 6) is 0.657. The Kier molecular flexibility index (Phi) is 8.06. The van der Waals surface area contributed by atoms with Crippen LogP contribution < -0.4 is 10.6 Å². The van der Waals surface area contributed by atoms with Crippen molar-refractivity contribution >= 4 is 30.7 Å². The molecule has 3 rings (SSSR count). The van der Waals surface area contributed by atoms with E-state index in [0.717, 1.165) is 43.1 Å². The molecule has 2 aromatic heterocycles. The molecule has 1 fully saturated rings. The summed E-state index contributed by atoms with van der Waals surface area (Å²) in [6, 6.07) is 5.64. The van der Waals surface area contributed by atoms with Crippen LogP contribution in [0.25, 0.3) is 5.82 Å². The van der Waals surface area contributed by atoms with Gasteiger partial charge >= 0.3 is 0 Å². The van der Waals surface area contributed by atoms with Crippen LogP contribution in [0.15, 0.2) is 24.4 Å². The Morgan fingerprint density at radius 2 is 1.96 bits per heavy atom. The first-order chi connectivity index (χ1) is 11.5. The molecule has 0 atom stereocenters. The van der Waals surface area contributed by atoms with Gasteiger partial charge in [0.25, 0.3) is 5.91 Å². The Hall–Kier alpha value is -1.63. The molecule has 1 amide bonds. The van der Waals surface area contributed by atoms with Gasteiger partial charge in [0, 0.05) is 18.4 Å². The number of halogens is 2. The summed E-state index contributed by atoms with van der Waals surface area (Å²) in [6.07, 6.45) is 3.79. The molecule has 2 N–H and O–H groups in total. The summed E-state index contributed by atoms with van der Waals surface area (Å²) in [5, 5.41) is 10.8. The standard InChI is InChI=1S/C18H25N5O.2ClH/c1-13-10-14(2)23(22-13)16-5-4-15(11-20-16)17(24)21-12-18(3)6-8-19-9-7-18;;/h4-5,10-11,19H,6-9,12H2,1-3H3,(H,21,24);2*1H. The molecular formula is C18H27Cl2N5O. The van der Waals surface area contributed by atoms with Crippen LogP contribution >= 0.6 is 24.8 Å². The molecule has 1 aliphatic heterocycles. The van der Waals surface area contributed by atoms with Crippen molar-refractivity contribution in [2.45, 2.75) is 33.6 Å². The van der Waals surface area contributed by atoms with Crippen LogP contribution in [0.2, 0.25) is 0 Å². The predicted octanol–water partition coefficient (Wildman–Crippen LogP) is 2.85. The quantitative estimate of drug-likeness (QED) is 0.828. The number of hydrogen-bond donors (Lipinski definition) is 2. The Morgan fingerprint density at radius 3 is 2.50 bits per heavy atom. The van der Waals surface area contributed by atoms with Crippen LogP contribution in [-0.4, -0.2) is 40.3 Å². The highest BCUT2D eigenvalue weighted by molar-refractivity contribution is 5.93. The molecule has 0 bridgehead atoms. The minimum atomic E-state index is -0.0674. The molecule has 0 aromatic carbocycles. The first-order valence-corrected chi connectivity index (χ1v) is 8.45. The Labute approximate surface area is 167 Å². The largest absolute Gasteiger partial charge is 0.351 e. The summed E-state index contributed by atoms with van der Waals surface area (Å²) in [7, 11) is 0. The fourth-order valence-electron chi connectivity index (χ4n) is 3.11. The zero-order chi connectivity index (χ0) is 17.2. The number of carbonyl (C=O) groups is 1. The van der Waals surface area contributed by atoms with Crippen molar-refractivity contribution in [3.05, 3.63) is 41.3 Å². The lowest BCUT2D eigenvalue weighted by Crippen LogP contribution is -2.42. The zero-order valence-corrected chi connectivity index (χ0v) is 17.0. The van der Waals surface area contributed by atoms with Crippen molar-refractivity contribution in [1.29, 1.82) is 0 Å². The van der Waals surface area contributed by atoms with Crippen LogP contribution in [0.3, 0.4) is 0 Å². The van der Waals surface area contributed by atoms with Crippen LogP contribution in [0, 0.1) is 19.3 Å². The van der Waals surface area contributed by atoms with E-state index in [4.69, 9.17) is 0 Å². The molecular weight excluding hydrogens is 373 g/mol. The molecule has 2 aromatic rings. The van der Waals surface area contributed by atoms with Gasteiger partial charge in [0.1, 0.15) is 0 Å². The highest BCUT2D eigenvalue weighted by Crippen LogP contribution is 2.26. The van der Waals surface area contributed by atoms with Crippen molar-refractivity contribution in [1.82, 2.24) is 25.4 Å². The molecule has 144 valence electrons. The second kappa shape index (κ2) is 9.35. The smallest absolute Gasteiger partial charge is 0.252 e. The monoisotopic (exact) mass is 399 g/mol. The van der Waals surface area contributed by atoms with E-state index in [1.165, 1.54) is 0 Å². The van der Waals surface area contributed by atoms with E-state index in [-0.39, 0.29) is 36.1 Å². The lowest BCUT2D eigenvalue weighted by atomic mass is 9.81. The molecule has 0 saturated carbocycles. The summed E-state index contributed by atoms with van der Waals surface area (Å²) in [5.41, 5.74) is 2.73. The van der Waals surface area contributed by atoms with Gasteiger partial charge < -0.3 is 10.6 Å². The van der Waals surface area contributed by atoms with E-state index < -0.39 is 0 Å². The van der Waals surface area contributed by atoms with Crippen LogP contribution in [0.4, 0.5) is 0 Å². The molecule has 1 aliphatic rings. The Bertz CT molecular complexity index is 724. The van der Waals surface area contributed by atoms with Gasteiger partial charge in [0.15, 0.2) is 5.82 Å². The molecule has 0 radical (unpaired) electrons. The van der Waals surface area contributed by atoms with Crippen molar-refractivity contribution < 1.29 is 4.79 Å². The number of aromatic nitrogens is 3. The number of amides is 1. The fourth-order valence-corrected chi connectivity index (χ4v) is 3.11. The van der Waals surface area contributed by atoms with E-state index >= 15 is 0 Å². The molecule has 3 heterocycles. The molecule has 0 aliphatic carbocycles. The average molecular weight is 400 g/mol. The minimum absolute atomic E-state index is 0. The minimum Gasteiger partial charge on any atom is -0.351 e. The second-order valence-electron chi connectivity index (χ2n) is 6.99. The first-order valence-electron chi connectivity index (χ1n) is 8.45. The number of aryl methyl sites for hydroxylation is 2. The number of nitrogens with one attached hydrogen (secondary N) is 2. The summed E-state index contributed by atoms with van der Waals surface area (Å²) in [6.45, 7) is 8.91. The number of rotatable bonds is 4. The molecule has 0 unspecified atom stereocenters. The summed E-state index contributed by atoms with van der Waals surface area (Å²) >= 11 is 0.